The number of benzene rings is 1. The Labute approximate surface area is 183 Å². The average Bonchev–Trinajstić information content (AvgIpc) is 3.04. The third-order valence-corrected chi connectivity index (χ3v) is 5.38. The fourth-order valence-corrected chi connectivity index (χ4v) is 3.81. The first kappa shape index (κ1) is 21.3. The van der Waals surface area contributed by atoms with Gasteiger partial charge in [-0.05, 0) is 37.6 Å². The number of hydrogen-bond acceptors (Lipinski definition) is 7. The van der Waals surface area contributed by atoms with E-state index in [2.05, 4.69) is 26.0 Å². The van der Waals surface area contributed by atoms with E-state index in [4.69, 9.17) is 9.84 Å². The third kappa shape index (κ3) is 4.26. The van der Waals surface area contributed by atoms with E-state index in [1.807, 2.05) is 38.2 Å². The highest BCUT2D eigenvalue weighted by Crippen LogP contribution is 2.27. The summed E-state index contributed by atoms with van der Waals surface area (Å²) in [6.07, 6.45) is -0.727. The molecular formula is C21H22FN7O3. The van der Waals surface area contributed by atoms with Crippen molar-refractivity contribution in [1.29, 1.82) is 5.26 Å². The Morgan fingerprint density at radius 2 is 2.16 bits per heavy atom. The maximum atomic E-state index is 14.7. The highest BCUT2D eigenvalue weighted by molar-refractivity contribution is 5.86. The highest BCUT2D eigenvalue weighted by atomic mass is 19.1. The fourth-order valence-electron chi connectivity index (χ4n) is 3.81. The lowest BCUT2D eigenvalue weighted by molar-refractivity contribution is 0.0625. The van der Waals surface area contributed by atoms with E-state index in [1.54, 1.807) is 4.68 Å². The molecule has 1 aliphatic heterocycles. The van der Waals surface area contributed by atoms with E-state index >= 15 is 0 Å². The van der Waals surface area contributed by atoms with Crippen LogP contribution in [0.15, 0.2) is 24.3 Å². The Kier molecular flexibility index (Phi) is 5.79. The van der Waals surface area contributed by atoms with E-state index in [1.165, 1.54) is 0 Å². The molecule has 10 nitrogen and oxygen atoms in total. The summed E-state index contributed by atoms with van der Waals surface area (Å²) in [7, 11) is 1.86. The summed E-state index contributed by atoms with van der Waals surface area (Å²) < 4.78 is 21.8. The zero-order chi connectivity index (χ0) is 22.8. The van der Waals surface area contributed by atoms with Crippen molar-refractivity contribution in [1.82, 2.24) is 20.1 Å². The number of carbonyl (C=O) groups is 1. The van der Waals surface area contributed by atoms with E-state index in [9.17, 15) is 14.4 Å². The number of aromatic nitrogens is 3. The number of halogens is 1. The number of amides is 1. The minimum Gasteiger partial charge on any atom is -0.465 e. The van der Waals surface area contributed by atoms with Crippen molar-refractivity contribution in [3.63, 3.8) is 0 Å². The van der Waals surface area contributed by atoms with E-state index in [0.717, 1.165) is 22.7 Å². The van der Waals surface area contributed by atoms with Gasteiger partial charge in [-0.3, -0.25) is 4.68 Å². The highest BCUT2D eigenvalue weighted by Gasteiger charge is 2.28. The van der Waals surface area contributed by atoms with Crippen LogP contribution in [0.1, 0.15) is 17.7 Å². The Bertz CT molecular complexity index is 1220. The van der Waals surface area contributed by atoms with Gasteiger partial charge in [-0.1, -0.05) is 0 Å². The third-order valence-electron chi connectivity index (χ3n) is 5.38. The lowest BCUT2D eigenvalue weighted by Gasteiger charge is -2.32. The number of anilines is 3. The van der Waals surface area contributed by atoms with Crippen molar-refractivity contribution in [2.24, 2.45) is 7.05 Å². The van der Waals surface area contributed by atoms with E-state index in [-0.39, 0.29) is 23.8 Å². The summed E-state index contributed by atoms with van der Waals surface area (Å²) in [6, 6.07) is 7.69. The van der Waals surface area contributed by atoms with Crippen LogP contribution in [0.3, 0.4) is 0 Å². The van der Waals surface area contributed by atoms with Gasteiger partial charge < -0.3 is 25.8 Å². The number of ether oxygens (including phenoxy) is 1. The van der Waals surface area contributed by atoms with Crippen molar-refractivity contribution >= 4 is 34.3 Å². The molecule has 3 aromatic rings. The van der Waals surface area contributed by atoms with Crippen molar-refractivity contribution in [3.8, 4) is 6.07 Å². The molecule has 32 heavy (non-hydrogen) atoms. The minimum absolute atomic E-state index is 0.0447. The summed E-state index contributed by atoms with van der Waals surface area (Å²) in [4.78, 5) is 15.4. The van der Waals surface area contributed by atoms with Gasteiger partial charge in [0.15, 0.2) is 17.5 Å². The minimum atomic E-state index is -1.19. The molecule has 0 spiro atoms. The SMILES string of the molecule is Cc1nn(C)c2ccc(Nc3nc(N[C@@H]4CCOC[C@@H]4NC(=O)O)c(F)cc3C#N)cc12. The zero-order valence-corrected chi connectivity index (χ0v) is 17.5. The molecule has 1 fully saturated rings. The molecule has 4 N–H and O–H groups in total. The Morgan fingerprint density at radius 1 is 1.34 bits per heavy atom. The van der Waals surface area contributed by atoms with Gasteiger partial charge in [-0.25, -0.2) is 14.2 Å². The first-order chi connectivity index (χ1) is 15.4. The van der Waals surface area contributed by atoms with Crippen LogP contribution in [0.5, 0.6) is 0 Å². The van der Waals surface area contributed by atoms with Gasteiger partial charge in [0.2, 0.25) is 0 Å². The van der Waals surface area contributed by atoms with Gasteiger partial charge in [0.25, 0.3) is 0 Å². The summed E-state index contributed by atoms with van der Waals surface area (Å²) in [5, 5.41) is 32.3. The van der Waals surface area contributed by atoms with Crippen LogP contribution < -0.4 is 16.0 Å². The second-order valence-electron chi connectivity index (χ2n) is 7.56. The van der Waals surface area contributed by atoms with Gasteiger partial charge in [0.05, 0.1) is 35.5 Å². The number of aryl methyl sites for hydroxylation is 2. The smallest absolute Gasteiger partial charge is 0.405 e. The number of nitrogens with one attached hydrogen (secondary N) is 3. The Hall–Kier alpha value is -3.91. The molecule has 3 heterocycles. The monoisotopic (exact) mass is 439 g/mol. The second-order valence-corrected chi connectivity index (χ2v) is 7.56. The van der Waals surface area contributed by atoms with E-state index < -0.39 is 24.0 Å². The molecule has 166 valence electrons. The van der Waals surface area contributed by atoms with Gasteiger partial charge in [-0.2, -0.15) is 10.4 Å². The standard InChI is InChI=1S/C21H22FN7O3/c1-11-14-8-13(3-4-18(14)29(2)28-11)24-19-12(9-23)7-15(22)20(27-19)25-16-5-6-32-10-17(16)26-21(30)31/h3-4,7-8,16-17,26H,5-6,10H2,1-2H3,(H,30,31)(H2,24,25,27)/t16-,17+/m1/s1. The normalized spacial score (nSPS) is 18.2. The summed E-state index contributed by atoms with van der Waals surface area (Å²) in [5.41, 5.74) is 2.53. The molecule has 0 aliphatic carbocycles. The largest absolute Gasteiger partial charge is 0.465 e. The zero-order valence-electron chi connectivity index (χ0n) is 17.5. The molecular weight excluding hydrogens is 417 g/mol. The second kappa shape index (κ2) is 8.68. The van der Waals surface area contributed by atoms with Crippen LogP contribution in [0.25, 0.3) is 10.9 Å². The topological polar surface area (TPSA) is 137 Å². The van der Waals surface area contributed by atoms with Gasteiger partial charge in [0.1, 0.15) is 6.07 Å². The molecule has 0 saturated carbocycles. The van der Waals surface area contributed by atoms with Crippen molar-refractivity contribution < 1.29 is 19.0 Å². The number of nitriles is 1. The number of hydrogen-bond donors (Lipinski definition) is 4. The molecule has 4 rings (SSSR count). The fraction of sp³-hybridized carbons (Fsp3) is 0.333. The number of nitrogens with zero attached hydrogens (tertiary/aromatic N) is 4. The predicted octanol–water partition coefficient (Wildman–Crippen LogP) is 2.87. The molecule has 1 amide bonds. The molecule has 0 bridgehead atoms. The van der Waals surface area contributed by atoms with Crippen LogP contribution >= 0.6 is 0 Å². The maximum absolute atomic E-state index is 14.7. The van der Waals surface area contributed by atoms with Crippen molar-refractivity contribution in [2.75, 3.05) is 23.8 Å². The van der Waals surface area contributed by atoms with Crippen LogP contribution in [0.2, 0.25) is 0 Å². The summed E-state index contributed by atoms with van der Waals surface area (Å²) >= 11 is 0. The first-order valence-corrected chi connectivity index (χ1v) is 10.0. The molecule has 2 atom stereocenters. The predicted molar refractivity (Wildman–Crippen MR) is 115 cm³/mol. The molecule has 0 radical (unpaired) electrons. The van der Waals surface area contributed by atoms with Gasteiger partial charge in [0, 0.05) is 24.7 Å². The first-order valence-electron chi connectivity index (χ1n) is 10.0. The molecule has 2 aromatic heterocycles. The van der Waals surface area contributed by atoms with Crippen LogP contribution in [0, 0.1) is 24.1 Å². The van der Waals surface area contributed by atoms with Crippen molar-refractivity contribution in [3.05, 3.63) is 41.3 Å². The average molecular weight is 439 g/mol. The lowest BCUT2D eigenvalue weighted by Crippen LogP contribution is -2.52. The number of fused-ring (bicyclic) bond motifs is 1. The lowest BCUT2D eigenvalue weighted by atomic mass is 10.0. The number of pyridine rings is 1. The van der Waals surface area contributed by atoms with Crippen LogP contribution in [-0.2, 0) is 11.8 Å². The quantitative estimate of drug-likeness (QED) is 0.476. The van der Waals surface area contributed by atoms with Crippen molar-refractivity contribution in [2.45, 2.75) is 25.4 Å². The number of carboxylic acid groups (broad SMARTS) is 1. The Morgan fingerprint density at radius 3 is 2.91 bits per heavy atom. The van der Waals surface area contributed by atoms with Crippen LogP contribution in [0.4, 0.5) is 26.5 Å². The van der Waals surface area contributed by atoms with Crippen LogP contribution in [-0.4, -0.2) is 51.3 Å². The number of rotatable bonds is 5. The molecule has 1 saturated heterocycles. The summed E-state index contributed by atoms with van der Waals surface area (Å²) in [6.45, 7) is 2.47. The Balaban J connectivity index is 1.63. The maximum Gasteiger partial charge on any atom is 0.405 e. The van der Waals surface area contributed by atoms with Gasteiger partial charge in [-0.15, -0.1) is 0 Å². The molecule has 0 unspecified atom stereocenters. The molecule has 1 aromatic carbocycles. The molecule has 11 heteroatoms. The summed E-state index contributed by atoms with van der Waals surface area (Å²) in [5.74, 6) is -0.590. The molecule has 1 aliphatic rings. The van der Waals surface area contributed by atoms with Gasteiger partial charge >= 0.3 is 6.09 Å². The van der Waals surface area contributed by atoms with E-state index in [0.29, 0.717) is 18.7 Å².